The second-order valence-corrected chi connectivity index (χ2v) is 5.16. The van der Waals surface area contributed by atoms with Crippen LogP contribution >= 0.6 is 23.2 Å². The lowest BCUT2D eigenvalue weighted by Gasteiger charge is -2.16. The fourth-order valence-corrected chi connectivity index (χ4v) is 2.75. The molecule has 1 aliphatic heterocycles. The Morgan fingerprint density at radius 2 is 2.00 bits per heavy atom. The smallest absolute Gasteiger partial charge is 0.161 e. The number of aromatic nitrogens is 2. The van der Waals surface area contributed by atoms with Crippen LogP contribution in [-0.4, -0.2) is 15.0 Å². The molecule has 0 saturated heterocycles. The van der Waals surface area contributed by atoms with Crippen molar-refractivity contribution in [2.75, 3.05) is 0 Å². The summed E-state index contributed by atoms with van der Waals surface area (Å²) in [5.41, 5.74) is 2.73. The minimum absolute atomic E-state index is 0.263. The first-order chi connectivity index (χ1) is 8.66. The molecular weight excluding hydrogens is 269 g/mol. The third-order valence-electron chi connectivity index (χ3n) is 2.95. The van der Waals surface area contributed by atoms with Crippen LogP contribution in [0.15, 0.2) is 35.3 Å². The van der Waals surface area contributed by atoms with Gasteiger partial charge < -0.3 is 0 Å². The van der Waals surface area contributed by atoms with E-state index < -0.39 is 0 Å². The second kappa shape index (κ2) is 4.41. The fraction of sp³-hybridized carbons (Fsp3) is 0.231. The van der Waals surface area contributed by atoms with Crippen LogP contribution in [0.4, 0.5) is 5.82 Å². The fourth-order valence-electron chi connectivity index (χ4n) is 2.17. The quantitative estimate of drug-likeness (QED) is 0.717. The molecule has 92 valence electrons. The van der Waals surface area contributed by atoms with E-state index in [1.165, 1.54) is 0 Å². The van der Waals surface area contributed by atoms with Crippen LogP contribution in [0, 0.1) is 6.92 Å². The summed E-state index contributed by atoms with van der Waals surface area (Å²) in [5, 5.41) is 4.99. The molecule has 2 aromatic rings. The molecule has 1 aliphatic rings. The first kappa shape index (κ1) is 11.8. The molecule has 0 bridgehead atoms. The first-order valence-corrected chi connectivity index (χ1v) is 6.50. The van der Waals surface area contributed by atoms with Crippen molar-refractivity contribution in [2.45, 2.75) is 18.8 Å². The van der Waals surface area contributed by atoms with Gasteiger partial charge in [-0.2, -0.15) is 5.10 Å². The summed E-state index contributed by atoms with van der Waals surface area (Å²) in [4.78, 5) is 4.39. The zero-order valence-electron chi connectivity index (χ0n) is 9.77. The number of hydrogen-bond acceptors (Lipinski definition) is 2. The van der Waals surface area contributed by atoms with Gasteiger partial charge in [-0.25, -0.2) is 9.67 Å². The highest BCUT2D eigenvalue weighted by Gasteiger charge is 2.25. The molecule has 5 heteroatoms. The third-order valence-corrected chi connectivity index (χ3v) is 3.53. The molecule has 0 saturated carbocycles. The summed E-state index contributed by atoms with van der Waals surface area (Å²) in [6.45, 7) is 1.96. The van der Waals surface area contributed by atoms with Crippen molar-refractivity contribution < 1.29 is 0 Å². The molecular formula is C13H11Cl2N3. The van der Waals surface area contributed by atoms with Crippen molar-refractivity contribution in [3.05, 3.63) is 36.0 Å². The summed E-state index contributed by atoms with van der Waals surface area (Å²) in [5.74, 6) is 0.745. The van der Waals surface area contributed by atoms with Gasteiger partial charge in [0.2, 0.25) is 0 Å². The second-order valence-electron chi connectivity index (χ2n) is 4.22. The summed E-state index contributed by atoms with van der Waals surface area (Å²) in [7, 11) is 0. The number of aliphatic imine (C=N–C) groups is 1. The standard InChI is InChI=1S/C13H11Cl2N3/c1-8-12(9-5-3-2-4-6-9)13-16-10(14)7-11(15)18(13)17-8/h2-6,11H,7H2,1H3. The molecule has 1 atom stereocenters. The Balaban J connectivity index is 2.24. The Hall–Kier alpha value is -1.32. The number of nitrogens with zero attached hydrogens (tertiary/aromatic N) is 3. The minimum atomic E-state index is -0.263. The van der Waals surface area contributed by atoms with Gasteiger partial charge in [-0.15, -0.1) is 0 Å². The van der Waals surface area contributed by atoms with Gasteiger partial charge in [0.1, 0.15) is 10.7 Å². The van der Waals surface area contributed by atoms with E-state index in [0.717, 1.165) is 22.6 Å². The Labute approximate surface area is 115 Å². The van der Waals surface area contributed by atoms with E-state index in [2.05, 4.69) is 10.1 Å². The van der Waals surface area contributed by atoms with Crippen LogP contribution in [0.1, 0.15) is 17.6 Å². The topological polar surface area (TPSA) is 30.2 Å². The van der Waals surface area contributed by atoms with Crippen molar-refractivity contribution in [2.24, 2.45) is 4.99 Å². The SMILES string of the molecule is Cc1nn2c(c1-c1ccccc1)N=C(Cl)CC2Cl. The number of fused-ring (bicyclic) bond motifs is 1. The van der Waals surface area contributed by atoms with E-state index in [9.17, 15) is 0 Å². The summed E-state index contributed by atoms with van der Waals surface area (Å²) in [6, 6.07) is 10.0. The van der Waals surface area contributed by atoms with E-state index in [1.54, 1.807) is 4.68 Å². The lowest BCUT2D eigenvalue weighted by molar-refractivity contribution is 0.597. The molecule has 1 aromatic heterocycles. The van der Waals surface area contributed by atoms with Gasteiger partial charge >= 0.3 is 0 Å². The van der Waals surface area contributed by atoms with Gasteiger partial charge in [0.05, 0.1) is 5.69 Å². The Kier molecular flexibility index (Phi) is 2.88. The Morgan fingerprint density at radius 3 is 2.72 bits per heavy atom. The molecule has 3 rings (SSSR count). The molecule has 0 fully saturated rings. The Morgan fingerprint density at radius 1 is 1.28 bits per heavy atom. The van der Waals surface area contributed by atoms with Gasteiger partial charge in [-0.1, -0.05) is 53.5 Å². The number of benzene rings is 1. The van der Waals surface area contributed by atoms with E-state index in [1.807, 2.05) is 37.3 Å². The highest BCUT2D eigenvalue weighted by molar-refractivity contribution is 6.66. The lowest BCUT2D eigenvalue weighted by atomic mass is 10.1. The number of alkyl halides is 1. The van der Waals surface area contributed by atoms with Crippen molar-refractivity contribution in [3.8, 4) is 11.1 Å². The maximum absolute atomic E-state index is 6.25. The summed E-state index contributed by atoms with van der Waals surface area (Å²) < 4.78 is 1.74. The molecule has 1 unspecified atom stereocenters. The monoisotopic (exact) mass is 279 g/mol. The lowest BCUT2D eigenvalue weighted by Crippen LogP contribution is -2.11. The zero-order valence-corrected chi connectivity index (χ0v) is 11.3. The molecule has 0 spiro atoms. The maximum atomic E-state index is 6.25. The number of aryl methyl sites for hydroxylation is 1. The van der Waals surface area contributed by atoms with E-state index in [-0.39, 0.29) is 5.50 Å². The van der Waals surface area contributed by atoms with Crippen LogP contribution in [0.25, 0.3) is 11.1 Å². The number of halogens is 2. The van der Waals surface area contributed by atoms with E-state index in [0.29, 0.717) is 11.6 Å². The largest absolute Gasteiger partial charge is 0.228 e. The van der Waals surface area contributed by atoms with Crippen molar-refractivity contribution in [3.63, 3.8) is 0 Å². The van der Waals surface area contributed by atoms with Crippen LogP contribution in [0.5, 0.6) is 0 Å². The van der Waals surface area contributed by atoms with Crippen molar-refractivity contribution in [1.82, 2.24) is 9.78 Å². The number of hydrogen-bond donors (Lipinski definition) is 0. The van der Waals surface area contributed by atoms with Crippen LogP contribution in [0.3, 0.4) is 0 Å². The predicted molar refractivity (Wildman–Crippen MR) is 74.9 cm³/mol. The molecule has 0 radical (unpaired) electrons. The molecule has 2 heterocycles. The molecule has 18 heavy (non-hydrogen) atoms. The molecule has 0 N–H and O–H groups in total. The van der Waals surface area contributed by atoms with E-state index in [4.69, 9.17) is 23.2 Å². The Bertz CT molecular complexity index is 617. The van der Waals surface area contributed by atoms with Gasteiger partial charge in [-0.3, -0.25) is 0 Å². The van der Waals surface area contributed by atoms with Gasteiger partial charge in [0.25, 0.3) is 0 Å². The molecule has 0 amide bonds. The van der Waals surface area contributed by atoms with E-state index >= 15 is 0 Å². The highest BCUT2D eigenvalue weighted by Crippen LogP contribution is 2.40. The van der Waals surface area contributed by atoms with Crippen molar-refractivity contribution >= 4 is 34.2 Å². The van der Waals surface area contributed by atoms with Crippen molar-refractivity contribution in [1.29, 1.82) is 0 Å². The molecule has 3 nitrogen and oxygen atoms in total. The summed E-state index contributed by atoms with van der Waals surface area (Å²) in [6.07, 6.45) is 0.519. The first-order valence-electron chi connectivity index (χ1n) is 5.68. The molecule has 0 aliphatic carbocycles. The third kappa shape index (κ3) is 1.84. The average molecular weight is 280 g/mol. The van der Waals surface area contributed by atoms with Crippen LogP contribution in [0.2, 0.25) is 0 Å². The maximum Gasteiger partial charge on any atom is 0.161 e. The van der Waals surface area contributed by atoms with Gasteiger partial charge in [-0.05, 0) is 12.5 Å². The van der Waals surface area contributed by atoms with Crippen LogP contribution < -0.4 is 0 Å². The van der Waals surface area contributed by atoms with Crippen LogP contribution in [-0.2, 0) is 0 Å². The average Bonchev–Trinajstić information content (AvgIpc) is 2.67. The minimum Gasteiger partial charge on any atom is -0.228 e. The highest BCUT2D eigenvalue weighted by atomic mass is 35.5. The number of rotatable bonds is 1. The summed E-state index contributed by atoms with van der Waals surface area (Å²) >= 11 is 12.3. The van der Waals surface area contributed by atoms with Gasteiger partial charge in [0, 0.05) is 12.0 Å². The normalized spacial score (nSPS) is 18.4. The predicted octanol–water partition coefficient (Wildman–Crippen LogP) is 4.27. The zero-order chi connectivity index (χ0) is 12.7. The van der Waals surface area contributed by atoms with Gasteiger partial charge in [0.15, 0.2) is 5.82 Å². The molecule has 1 aromatic carbocycles.